The number of benzene rings is 1. The van der Waals surface area contributed by atoms with Gasteiger partial charge in [0.25, 0.3) is 0 Å². The molecule has 22 heavy (non-hydrogen) atoms. The van der Waals surface area contributed by atoms with Gasteiger partial charge in [-0.3, -0.25) is 9.59 Å². The molecule has 2 unspecified atom stereocenters. The van der Waals surface area contributed by atoms with Crippen LogP contribution in [0.2, 0.25) is 0 Å². The first-order valence-corrected chi connectivity index (χ1v) is 6.78. The Bertz CT molecular complexity index is 596. The lowest BCUT2D eigenvalue weighted by Gasteiger charge is -2.16. The number of imide groups is 1. The van der Waals surface area contributed by atoms with E-state index in [0.717, 1.165) is 29.2 Å². The van der Waals surface area contributed by atoms with Gasteiger partial charge in [0.1, 0.15) is 0 Å². The maximum atomic E-state index is 12.6. The second-order valence-corrected chi connectivity index (χ2v) is 5.08. The molecule has 7 heteroatoms. The molecule has 2 atom stereocenters. The summed E-state index contributed by atoms with van der Waals surface area (Å²) in [6.45, 7) is 5.24. The quantitative estimate of drug-likeness (QED) is 0.634. The summed E-state index contributed by atoms with van der Waals surface area (Å²) < 4.78 is 37.7. The largest absolute Gasteiger partial charge is 0.416 e. The molecule has 1 aliphatic heterocycles. The van der Waals surface area contributed by atoms with Crippen LogP contribution in [0, 0.1) is 11.8 Å². The zero-order chi connectivity index (χ0) is 16.5. The van der Waals surface area contributed by atoms with Crippen molar-refractivity contribution in [3.63, 3.8) is 0 Å². The van der Waals surface area contributed by atoms with Crippen LogP contribution in [0.5, 0.6) is 0 Å². The van der Waals surface area contributed by atoms with Crippen LogP contribution < -0.4 is 4.90 Å². The van der Waals surface area contributed by atoms with Crippen molar-refractivity contribution in [1.29, 1.82) is 0 Å². The van der Waals surface area contributed by atoms with Crippen molar-refractivity contribution in [2.24, 2.45) is 16.8 Å². The second kappa shape index (κ2) is 5.90. The molecule has 1 fully saturated rings. The van der Waals surface area contributed by atoms with E-state index in [1.165, 1.54) is 0 Å². The fraction of sp³-hybridized carbons (Fsp3) is 0.400. The first-order chi connectivity index (χ1) is 10.3. The third kappa shape index (κ3) is 2.75. The van der Waals surface area contributed by atoms with Crippen LogP contribution in [0.1, 0.15) is 18.9 Å². The Hall–Kier alpha value is -2.18. The van der Waals surface area contributed by atoms with Crippen molar-refractivity contribution in [3.8, 4) is 0 Å². The van der Waals surface area contributed by atoms with Gasteiger partial charge >= 0.3 is 6.18 Å². The summed E-state index contributed by atoms with van der Waals surface area (Å²) in [4.78, 5) is 29.3. The van der Waals surface area contributed by atoms with Crippen molar-refractivity contribution >= 4 is 24.2 Å². The molecule has 2 rings (SSSR count). The fourth-order valence-corrected chi connectivity index (χ4v) is 2.64. The molecule has 1 aromatic carbocycles. The smallest absolute Gasteiger partial charge is 0.300 e. The van der Waals surface area contributed by atoms with Crippen LogP contribution in [0.4, 0.5) is 18.9 Å². The number of hydrogen-bond acceptors (Lipinski definition) is 3. The molecule has 0 N–H and O–H groups in total. The number of carbonyl (C=O) groups excluding carboxylic acids is 2. The number of halogens is 3. The zero-order valence-electron chi connectivity index (χ0n) is 11.9. The van der Waals surface area contributed by atoms with E-state index in [2.05, 4.69) is 11.7 Å². The fourth-order valence-electron chi connectivity index (χ4n) is 2.64. The molecule has 1 heterocycles. The van der Waals surface area contributed by atoms with Crippen LogP contribution in [0.15, 0.2) is 29.3 Å². The van der Waals surface area contributed by atoms with Crippen molar-refractivity contribution < 1.29 is 22.8 Å². The number of hydrogen-bond donors (Lipinski definition) is 0. The Morgan fingerprint density at radius 1 is 1.14 bits per heavy atom. The summed E-state index contributed by atoms with van der Waals surface area (Å²) >= 11 is 0. The van der Waals surface area contributed by atoms with Crippen LogP contribution in [0.25, 0.3) is 0 Å². The Balaban J connectivity index is 2.34. The Morgan fingerprint density at radius 3 is 2.14 bits per heavy atom. The van der Waals surface area contributed by atoms with Crippen LogP contribution in [-0.4, -0.2) is 25.1 Å². The number of aliphatic imine (C=N–C) groups is 1. The predicted octanol–water partition coefficient (Wildman–Crippen LogP) is 2.92. The van der Waals surface area contributed by atoms with E-state index in [1.807, 2.05) is 0 Å². The molecular weight excluding hydrogens is 297 g/mol. The highest BCUT2D eigenvalue weighted by molar-refractivity contribution is 6.22. The van der Waals surface area contributed by atoms with Crippen LogP contribution in [0.3, 0.4) is 0 Å². The lowest BCUT2D eigenvalue weighted by atomic mass is 9.93. The van der Waals surface area contributed by atoms with Crippen molar-refractivity contribution in [2.75, 3.05) is 11.4 Å². The maximum absolute atomic E-state index is 12.6. The third-order valence-corrected chi connectivity index (χ3v) is 3.78. The molecule has 1 aliphatic rings. The second-order valence-electron chi connectivity index (χ2n) is 5.08. The predicted molar refractivity (Wildman–Crippen MR) is 75.6 cm³/mol. The normalized spacial score (nSPS) is 22.3. The van der Waals surface area contributed by atoms with Gasteiger partial charge in [0, 0.05) is 0 Å². The van der Waals surface area contributed by atoms with Crippen molar-refractivity contribution in [1.82, 2.24) is 0 Å². The van der Waals surface area contributed by atoms with Gasteiger partial charge in [-0.2, -0.15) is 13.2 Å². The topological polar surface area (TPSA) is 49.7 Å². The maximum Gasteiger partial charge on any atom is 0.416 e. The van der Waals surface area contributed by atoms with Crippen molar-refractivity contribution in [3.05, 3.63) is 29.8 Å². The molecule has 0 aromatic heterocycles. The molecule has 4 nitrogen and oxygen atoms in total. The highest BCUT2D eigenvalue weighted by Crippen LogP contribution is 2.35. The third-order valence-electron chi connectivity index (χ3n) is 3.78. The summed E-state index contributed by atoms with van der Waals surface area (Å²) in [7, 11) is 0. The number of alkyl halides is 3. The molecule has 0 spiro atoms. The van der Waals surface area contributed by atoms with Gasteiger partial charge < -0.3 is 4.99 Å². The molecule has 2 amide bonds. The van der Waals surface area contributed by atoms with Gasteiger partial charge in [0.05, 0.1) is 29.6 Å². The molecular formula is C15H15F3N2O2. The average molecular weight is 312 g/mol. The minimum atomic E-state index is -4.46. The summed E-state index contributed by atoms with van der Waals surface area (Å²) in [5.41, 5.74) is -0.681. The average Bonchev–Trinajstić information content (AvgIpc) is 2.69. The van der Waals surface area contributed by atoms with Gasteiger partial charge in [-0.25, -0.2) is 4.90 Å². The van der Waals surface area contributed by atoms with E-state index in [0.29, 0.717) is 6.42 Å². The number of nitrogens with zero attached hydrogens (tertiary/aromatic N) is 2. The highest BCUT2D eigenvalue weighted by atomic mass is 19.4. The van der Waals surface area contributed by atoms with E-state index in [9.17, 15) is 22.8 Å². The van der Waals surface area contributed by atoms with Gasteiger partial charge in [-0.1, -0.05) is 6.92 Å². The Labute approximate surface area is 125 Å². The van der Waals surface area contributed by atoms with Gasteiger partial charge in [0.15, 0.2) is 0 Å². The number of anilines is 1. The summed E-state index contributed by atoms with van der Waals surface area (Å²) in [6.07, 6.45) is -4.00. The van der Waals surface area contributed by atoms with Crippen LogP contribution in [-0.2, 0) is 15.8 Å². The molecule has 0 radical (unpaired) electrons. The summed E-state index contributed by atoms with van der Waals surface area (Å²) in [5.74, 6) is -1.96. The van der Waals surface area contributed by atoms with E-state index in [-0.39, 0.29) is 12.2 Å². The number of carbonyl (C=O) groups is 2. The van der Waals surface area contributed by atoms with Crippen LogP contribution >= 0.6 is 0 Å². The number of amides is 2. The SMILES string of the molecule is C=NCC1C(=O)N(c2ccc(C(F)(F)F)cc2)C(=O)C1CC. The van der Waals surface area contributed by atoms with E-state index in [1.54, 1.807) is 6.92 Å². The Morgan fingerprint density at radius 2 is 1.68 bits per heavy atom. The summed E-state index contributed by atoms with van der Waals surface area (Å²) in [5, 5.41) is 0. The molecule has 0 saturated carbocycles. The van der Waals surface area contributed by atoms with Crippen molar-refractivity contribution in [2.45, 2.75) is 19.5 Å². The zero-order valence-corrected chi connectivity index (χ0v) is 11.9. The molecule has 0 bridgehead atoms. The molecule has 1 saturated heterocycles. The minimum absolute atomic E-state index is 0.125. The summed E-state index contributed by atoms with van der Waals surface area (Å²) in [6, 6.07) is 3.98. The standard InChI is InChI=1S/C15H15F3N2O2/c1-3-11-12(8-19-2)14(22)20(13(11)21)10-6-4-9(5-7-10)15(16,17)18/h4-7,11-12H,2-3,8H2,1H3. The first kappa shape index (κ1) is 16.2. The number of rotatable bonds is 4. The van der Waals surface area contributed by atoms with Gasteiger partial charge in [-0.15, -0.1) is 0 Å². The first-order valence-electron chi connectivity index (χ1n) is 6.78. The molecule has 1 aromatic rings. The van der Waals surface area contributed by atoms with E-state index in [4.69, 9.17) is 0 Å². The van der Waals surface area contributed by atoms with E-state index < -0.39 is 35.4 Å². The lowest BCUT2D eigenvalue weighted by molar-refractivity contribution is -0.137. The van der Waals surface area contributed by atoms with E-state index >= 15 is 0 Å². The highest BCUT2D eigenvalue weighted by Gasteiger charge is 2.47. The van der Waals surface area contributed by atoms with Gasteiger partial charge in [0.2, 0.25) is 11.8 Å². The lowest BCUT2D eigenvalue weighted by Crippen LogP contribution is -2.31. The monoisotopic (exact) mass is 312 g/mol. The molecule has 0 aliphatic carbocycles. The minimum Gasteiger partial charge on any atom is -0.300 e. The Kier molecular flexibility index (Phi) is 4.35. The molecule has 118 valence electrons. The van der Waals surface area contributed by atoms with Gasteiger partial charge in [-0.05, 0) is 37.4 Å².